The lowest BCUT2D eigenvalue weighted by Gasteiger charge is -2.00. The van der Waals surface area contributed by atoms with Gasteiger partial charge in [0, 0.05) is 11.8 Å². The van der Waals surface area contributed by atoms with Gasteiger partial charge >= 0.3 is 0 Å². The Labute approximate surface area is 89.8 Å². The number of nitrogens with two attached hydrogens (primary N) is 1. The molecule has 0 aliphatic carbocycles. The van der Waals surface area contributed by atoms with Gasteiger partial charge in [-0.1, -0.05) is 0 Å². The fourth-order valence-electron chi connectivity index (χ4n) is 1.29. The number of rotatable bonds is 3. The lowest BCUT2D eigenvalue weighted by molar-refractivity contribution is 0.503. The lowest BCUT2D eigenvalue weighted by Crippen LogP contribution is -2.04. The molecule has 0 atom stereocenters. The van der Waals surface area contributed by atoms with Gasteiger partial charge in [0.15, 0.2) is 0 Å². The zero-order valence-electron chi connectivity index (χ0n) is 7.48. The zero-order valence-corrected chi connectivity index (χ0v) is 9.07. The maximum absolute atomic E-state index is 5.52. The smallest absolute Gasteiger partial charge is 0.122 e. The molecular formula is C9H10BrN3O. The molecule has 2 heterocycles. The molecule has 0 saturated carbocycles. The predicted molar refractivity (Wildman–Crippen MR) is 55.6 cm³/mol. The van der Waals surface area contributed by atoms with Crippen molar-refractivity contribution >= 4 is 15.9 Å². The fourth-order valence-corrected chi connectivity index (χ4v) is 1.61. The summed E-state index contributed by atoms with van der Waals surface area (Å²) >= 11 is 3.34. The van der Waals surface area contributed by atoms with Gasteiger partial charge < -0.3 is 10.2 Å². The van der Waals surface area contributed by atoms with E-state index in [1.165, 1.54) is 0 Å². The number of aromatic nitrogens is 2. The van der Waals surface area contributed by atoms with Gasteiger partial charge in [-0.3, -0.25) is 4.68 Å². The van der Waals surface area contributed by atoms with Crippen LogP contribution in [-0.4, -0.2) is 9.78 Å². The molecule has 0 spiro atoms. The number of halogens is 1. The van der Waals surface area contributed by atoms with E-state index >= 15 is 0 Å². The molecule has 2 rings (SSSR count). The monoisotopic (exact) mass is 255 g/mol. The molecule has 0 bridgehead atoms. The SMILES string of the molecule is NCc1occc1Cn1cc(Br)cn1. The van der Waals surface area contributed by atoms with Crippen molar-refractivity contribution in [2.24, 2.45) is 5.73 Å². The highest BCUT2D eigenvalue weighted by molar-refractivity contribution is 9.10. The van der Waals surface area contributed by atoms with Gasteiger partial charge in [0.25, 0.3) is 0 Å². The molecule has 2 N–H and O–H groups in total. The van der Waals surface area contributed by atoms with Crippen molar-refractivity contribution in [1.29, 1.82) is 0 Å². The summed E-state index contributed by atoms with van der Waals surface area (Å²) < 4.78 is 8.01. The minimum atomic E-state index is 0.421. The van der Waals surface area contributed by atoms with E-state index in [1.54, 1.807) is 12.5 Å². The van der Waals surface area contributed by atoms with Crippen LogP contribution in [0.15, 0.2) is 33.6 Å². The summed E-state index contributed by atoms with van der Waals surface area (Å²) in [6.45, 7) is 1.11. The summed E-state index contributed by atoms with van der Waals surface area (Å²) in [5, 5.41) is 4.15. The van der Waals surface area contributed by atoms with Gasteiger partial charge in [-0.05, 0) is 22.0 Å². The van der Waals surface area contributed by atoms with Crippen molar-refractivity contribution < 1.29 is 4.42 Å². The predicted octanol–water partition coefficient (Wildman–Crippen LogP) is 1.75. The van der Waals surface area contributed by atoms with Gasteiger partial charge in [-0.25, -0.2) is 0 Å². The molecule has 0 fully saturated rings. The average Bonchev–Trinajstić information content (AvgIpc) is 2.76. The molecule has 4 nitrogen and oxygen atoms in total. The molecule has 0 unspecified atom stereocenters. The second kappa shape index (κ2) is 3.98. The third-order valence-corrected chi connectivity index (χ3v) is 2.37. The van der Waals surface area contributed by atoms with E-state index in [2.05, 4.69) is 21.0 Å². The third kappa shape index (κ3) is 1.88. The highest BCUT2D eigenvalue weighted by Crippen LogP contribution is 2.13. The van der Waals surface area contributed by atoms with Crippen molar-refractivity contribution in [2.45, 2.75) is 13.1 Å². The van der Waals surface area contributed by atoms with Crippen molar-refractivity contribution in [3.8, 4) is 0 Å². The first kappa shape index (κ1) is 9.48. The summed E-state index contributed by atoms with van der Waals surface area (Å²) in [5.74, 6) is 0.816. The van der Waals surface area contributed by atoms with Gasteiger partial charge in [0.2, 0.25) is 0 Å². The zero-order chi connectivity index (χ0) is 9.97. The second-order valence-electron chi connectivity index (χ2n) is 2.93. The van der Waals surface area contributed by atoms with Gasteiger partial charge in [-0.15, -0.1) is 0 Å². The number of hydrogen-bond acceptors (Lipinski definition) is 3. The quantitative estimate of drug-likeness (QED) is 0.910. The Hall–Kier alpha value is -1.07. The van der Waals surface area contributed by atoms with Crippen LogP contribution in [0.1, 0.15) is 11.3 Å². The van der Waals surface area contributed by atoms with Crippen LogP contribution >= 0.6 is 15.9 Å². The molecule has 0 aromatic carbocycles. The van der Waals surface area contributed by atoms with Crippen LogP contribution in [0.5, 0.6) is 0 Å². The minimum absolute atomic E-state index is 0.421. The Bertz CT molecular complexity index is 421. The summed E-state index contributed by atoms with van der Waals surface area (Å²) in [6.07, 6.45) is 5.31. The van der Waals surface area contributed by atoms with Gasteiger partial charge in [0.1, 0.15) is 5.76 Å². The van der Waals surface area contributed by atoms with E-state index in [9.17, 15) is 0 Å². The van der Waals surface area contributed by atoms with E-state index in [4.69, 9.17) is 10.2 Å². The molecule has 2 aromatic rings. The maximum Gasteiger partial charge on any atom is 0.122 e. The van der Waals surface area contributed by atoms with Crippen molar-refractivity contribution in [3.63, 3.8) is 0 Å². The van der Waals surface area contributed by atoms with E-state index in [1.807, 2.05) is 16.9 Å². The van der Waals surface area contributed by atoms with Crippen molar-refractivity contribution in [1.82, 2.24) is 9.78 Å². The fraction of sp³-hybridized carbons (Fsp3) is 0.222. The largest absolute Gasteiger partial charge is 0.468 e. The molecular weight excluding hydrogens is 246 g/mol. The number of furan rings is 1. The first-order chi connectivity index (χ1) is 6.79. The molecule has 2 aromatic heterocycles. The third-order valence-electron chi connectivity index (χ3n) is 1.96. The standard InChI is InChI=1S/C9H10BrN3O/c10-8-4-12-13(6-8)5-7-1-2-14-9(7)3-11/h1-2,4,6H,3,5,11H2. The summed E-state index contributed by atoms with van der Waals surface area (Å²) in [4.78, 5) is 0. The molecule has 5 heteroatoms. The normalized spacial score (nSPS) is 10.7. The van der Waals surface area contributed by atoms with Gasteiger partial charge in [-0.2, -0.15) is 5.10 Å². The first-order valence-corrected chi connectivity index (χ1v) is 5.02. The molecule has 0 saturated heterocycles. The Morgan fingerprint density at radius 2 is 2.43 bits per heavy atom. The van der Waals surface area contributed by atoms with E-state index in [0.29, 0.717) is 13.1 Å². The van der Waals surface area contributed by atoms with E-state index < -0.39 is 0 Å². The molecule has 0 aliphatic rings. The van der Waals surface area contributed by atoms with Crippen LogP contribution in [0.2, 0.25) is 0 Å². The summed E-state index contributed by atoms with van der Waals surface area (Å²) in [7, 11) is 0. The van der Waals surface area contributed by atoms with Crippen molar-refractivity contribution in [2.75, 3.05) is 0 Å². The molecule has 0 amide bonds. The molecule has 74 valence electrons. The van der Waals surface area contributed by atoms with Crippen LogP contribution in [-0.2, 0) is 13.1 Å². The average molecular weight is 256 g/mol. The van der Waals surface area contributed by atoms with Crippen LogP contribution in [0.4, 0.5) is 0 Å². The minimum Gasteiger partial charge on any atom is -0.468 e. The Balaban J connectivity index is 2.18. The Morgan fingerprint density at radius 1 is 1.57 bits per heavy atom. The molecule has 14 heavy (non-hydrogen) atoms. The second-order valence-corrected chi connectivity index (χ2v) is 3.84. The van der Waals surface area contributed by atoms with E-state index in [-0.39, 0.29) is 0 Å². The Morgan fingerprint density at radius 3 is 3.07 bits per heavy atom. The van der Waals surface area contributed by atoms with Crippen LogP contribution < -0.4 is 5.73 Å². The highest BCUT2D eigenvalue weighted by atomic mass is 79.9. The van der Waals surface area contributed by atoms with Crippen LogP contribution in [0.25, 0.3) is 0 Å². The first-order valence-electron chi connectivity index (χ1n) is 4.23. The summed E-state index contributed by atoms with van der Waals surface area (Å²) in [6, 6.07) is 1.91. The lowest BCUT2D eigenvalue weighted by atomic mass is 10.2. The van der Waals surface area contributed by atoms with Gasteiger partial charge in [0.05, 0.1) is 30.0 Å². The van der Waals surface area contributed by atoms with Crippen LogP contribution in [0.3, 0.4) is 0 Å². The maximum atomic E-state index is 5.52. The highest BCUT2D eigenvalue weighted by Gasteiger charge is 2.05. The number of nitrogens with zero attached hydrogens (tertiary/aromatic N) is 2. The topological polar surface area (TPSA) is 57.0 Å². The summed E-state index contributed by atoms with van der Waals surface area (Å²) in [5.41, 5.74) is 6.59. The van der Waals surface area contributed by atoms with Crippen molar-refractivity contribution in [3.05, 3.63) is 40.5 Å². The van der Waals surface area contributed by atoms with E-state index in [0.717, 1.165) is 15.8 Å². The number of hydrogen-bond donors (Lipinski definition) is 1. The molecule has 0 aliphatic heterocycles. The van der Waals surface area contributed by atoms with Crippen LogP contribution in [0, 0.1) is 0 Å². The Kier molecular flexibility index (Phi) is 2.69. The molecule has 0 radical (unpaired) electrons.